The molecule has 0 aliphatic carbocycles. The molecule has 4 aliphatic rings. The summed E-state index contributed by atoms with van der Waals surface area (Å²) >= 11 is 1.28. The van der Waals surface area contributed by atoms with Gasteiger partial charge < -0.3 is 28.4 Å². The number of carbonyl (C=O) groups is 1. The molecule has 9 nitrogen and oxygen atoms in total. The predicted molar refractivity (Wildman–Crippen MR) is 128 cm³/mol. The Kier molecular flexibility index (Phi) is 4.52. The number of aliphatic imine (C=N–C) groups is 1. The van der Waals surface area contributed by atoms with E-state index in [0.29, 0.717) is 55.9 Å². The first kappa shape index (κ1) is 20.1. The standard InChI is InChI=1S/C25H16N2O7S/c28-24-23(8-14-1-4-17-20(7-14)32-11-29-17)35-25(26-15-2-5-18-21(9-15)33-12-30-18)27(24)16-3-6-19-22(10-16)34-13-31-19/h1-10H,11-13H2/b23-8-,26-25?. The van der Waals surface area contributed by atoms with E-state index >= 15 is 0 Å². The SMILES string of the molecule is O=C1/C(=C/c2ccc3c(c2)OCO3)SC(=Nc2ccc3c(c2)OCO3)N1c1ccc2c(c1)OCO2. The number of amidine groups is 1. The van der Waals surface area contributed by atoms with Crippen LogP contribution >= 0.6 is 11.8 Å². The molecule has 4 aliphatic heterocycles. The van der Waals surface area contributed by atoms with Crippen LogP contribution in [-0.4, -0.2) is 31.5 Å². The summed E-state index contributed by atoms with van der Waals surface area (Å²) in [6, 6.07) is 16.3. The lowest BCUT2D eigenvalue weighted by Gasteiger charge is -2.16. The molecule has 0 unspecified atom stereocenters. The third kappa shape index (κ3) is 3.50. The first-order valence-electron chi connectivity index (χ1n) is 10.7. The molecule has 1 amide bonds. The molecule has 174 valence electrons. The van der Waals surface area contributed by atoms with E-state index < -0.39 is 0 Å². The van der Waals surface area contributed by atoms with Crippen molar-refractivity contribution in [1.82, 2.24) is 0 Å². The van der Waals surface area contributed by atoms with Crippen molar-refractivity contribution in [2.45, 2.75) is 0 Å². The van der Waals surface area contributed by atoms with Crippen LogP contribution in [0.1, 0.15) is 5.56 Å². The van der Waals surface area contributed by atoms with Gasteiger partial charge in [0.15, 0.2) is 39.7 Å². The first-order valence-corrected chi connectivity index (χ1v) is 11.5. The Bertz CT molecular complexity index is 1450. The van der Waals surface area contributed by atoms with Crippen LogP contribution in [0.25, 0.3) is 6.08 Å². The van der Waals surface area contributed by atoms with Crippen molar-refractivity contribution in [2.24, 2.45) is 4.99 Å². The molecule has 0 aromatic heterocycles. The van der Waals surface area contributed by atoms with Crippen LogP contribution in [0.3, 0.4) is 0 Å². The van der Waals surface area contributed by atoms with Gasteiger partial charge in [0.25, 0.3) is 5.91 Å². The Morgan fingerprint density at radius 3 is 2.06 bits per heavy atom. The highest BCUT2D eigenvalue weighted by atomic mass is 32.2. The lowest BCUT2D eigenvalue weighted by atomic mass is 10.2. The number of amides is 1. The Hall–Kier alpha value is -4.31. The molecule has 0 radical (unpaired) electrons. The molecule has 0 spiro atoms. The minimum atomic E-state index is -0.203. The summed E-state index contributed by atoms with van der Waals surface area (Å²) in [7, 11) is 0. The number of ether oxygens (including phenoxy) is 6. The zero-order valence-electron chi connectivity index (χ0n) is 18.1. The van der Waals surface area contributed by atoms with E-state index in [4.69, 9.17) is 33.4 Å². The quantitative estimate of drug-likeness (QED) is 0.491. The van der Waals surface area contributed by atoms with Crippen molar-refractivity contribution in [2.75, 3.05) is 25.3 Å². The van der Waals surface area contributed by atoms with Crippen molar-refractivity contribution >= 4 is 40.3 Å². The molecule has 7 rings (SSSR count). The monoisotopic (exact) mass is 488 g/mol. The third-order valence-electron chi connectivity index (χ3n) is 5.70. The van der Waals surface area contributed by atoms with E-state index in [0.717, 1.165) is 5.56 Å². The molecule has 3 aromatic carbocycles. The van der Waals surface area contributed by atoms with Gasteiger partial charge in [0.2, 0.25) is 20.4 Å². The van der Waals surface area contributed by atoms with E-state index in [-0.39, 0.29) is 26.3 Å². The number of hydrogen-bond acceptors (Lipinski definition) is 9. The van der Waals surface area contributed by atoms with Crippen molar-refractivity contribution in [3.63, 3.8) is 0 Å². The summed E-state index contributed by atoms with van der Waals surface area (Å²) in [5.41, 5.74) is 2.08. The van der Waals surface area contributed by atoms with E-state index in [1.54, 1.807) is 29.2 Å². The molecule has 4 heterocycles. The summed E-state index contributed by atoms with van der Waals surface area (Å²) in [6.45, 7) is 0.510. The van der Waals surface area contributed by atoms with Gasteiger partial charge in [0.1, 0.15) is 0 Å². The van der Waals surface area contributed by atoms with Crippen molar-refractivity contribution < 1.29 is 33.2 Å². The first-order chi connectivity index (χ1) is 17.2. The Morgan fingerprint density at radius 1 is 0.714 bits per heavy atom. The van der Waals surface area contributed by atoms with Crippen molar-refractivity contribution in [1.29, 1.82) is 0 Å². The number of nitrogens with zero attached hydrogens (tertiary/aromatic N) is 2. The molecule has 1 saturated heterocycles. The average molecular weight is 488 g/mol. The fraction of sp³-hybridized carbons (Fsp3) is 0.120. The molecule has 1 fully saturated rings. The lowest BCUT2D eigenvalue weighted by Crippen LogP contribution is -2.28. The van der Waals surface area contributed by atoms with Gasteiger partial charge in [0, 0.05) is 12.1 Å². The van der Waals surface area contributed by atoms with Crippen LogP contribution in [0.5, 0.6) is 34.5 Å². The van der Waals surface area contributed by atoms with Gasteiger partial charge in [-0.2, -0.15) is 0 Å². The minimum Gasteiger partial charge on any atom is -0.454 e. The number of hydrogen-bond donors (Lipinski definition) is 0. The van der Waals surface area contributed by atoms with Gasteiger partial charge in [-0.05, 0) is 59.8 Å². The largest absolute Gasteiger partial charge is 0.454 e. The van der Waals surface area contributed by atoms with Crippen molar-refractivity contribution in [3.05, 3.63) is 65.1 Å². The summed E-state index contributed by atoms with van der Waals surface area (Å²) in [5.74, 6) is 3.63. The fourth-order valence-electron chi connectivity index (χ4n) is 4.02. The Balaban J connectivity index is 1.29. The molecule has 35 heavy (non-hydrogen) atoms. The highest BCUT2D eigenvalue weighted by molar-refractivity contribution is 8.19. The van der Waals surface area contributed by atoms with Crippen LogP contribution in [-0.2, 0) is 4.79 Å². The summed E-state index contributed by atoms with van der Waals surface area (Å²) in [6.07, 6.45) is 1.82. The molecule has 10 heteroatoms. The van der Waals surface area contributed by atoms with E-state index in [9.17, 15) is 4.79 Å². The van der Waals surface area contributed by atoms with Crippen LogP contribution in [0.15, 0.2) is 64.5 Å². The second-order valence-electron chi connectivity index (χ2n) is 7.83. The van der Waals surface area contributed by atoms with Gasteiger partial charge in [0.05, 0.1) is 16.3 Å². The van der Waals surface area contributed by atoms with Crippen LogP contribution < -0.4 is 33.3 Å². The number of benzene rings is 3. The third-order valence-corrected chi connectivity index (χ3v) is 6.66. The Labute approximate surface area is 203 Å². The molecular weight excluding hydrogens is 472 g/mol. The van der Waals surface area contributed by atoms with Gasteiger partial charge in [-0.25, -0.2) is 4.99 Å². The van der Waals surface area contributed by atoms with E-state index in [1.807, 2.05) is 36.4 Å². The summed E-state index contributed by atoms with van der Waals surface area (Å²) in [4.78, 5) is 20.5. The van der Waals surface area contributed by atoms with Crippen LogP contribution in [0.4, 0.5) is 11.4 Å². The predicted octanol–water partition coefficient (Wildman–Crippen LogP) is 4.68. The number of rotatable bonds is 3. The zero-order valence-corrected chi connectivity index (χ0v) is 18.9. The zero-order chi connectivity index (χ0) is 23.4. The molecule has 3 aromatic rings. The topological polar surface area (TPSA) is 88.1 Å². The molecule has 0 saturated carbocycles. The number of thioether (sulfide) groups is 1. The lowest BCUT2D eigenvalue weighted by molar-refractivity contribution is -0.113. The van der Waals surface area contributed by atoms with Gasteiger partial charge in [-0.3, -0.25) is 9.69 Å². The molecular formula is C25H16N2O7S. The van der Waals surface area contributed by atoms with E-state index in [1.165, 1.54) is 11.8 Å². The number of carbonyl (C=O) groups excluding carboxylic acids is 1. The highest BCUT2D eigenvalue weighted by Crippen LogP contribution is 2.43. The van der Waals surface area contributed by atoms with Crippen molar-refractivity contribution in [3.8, 4) is 34.5 Å². The van der Waals surface area contributed by atoms with Gasteiger partial charge >= 0.3 is 0 Å². The molecule has 0 bridgehead atoms. The highest BCUT2D eigenvalue weighted by Gasteiger charge is 2.36. The second-order valence-corrected chi connectivity index (χ2v) is 8.84. The van der Waals surface area contributed by atoms with Crippen LogP contribution in [0.2, 0.25) is 0 Å². The normalized spacial score (nSPS) is 19.3. The smallest absolute Gasteiger partial charge is 0.271 e. The maximum atomic E-state index is 13.6. The second kappa shape index (κ2) is 7.88. The molecule has 0 N–H and O–H groups in total. The number of fused-ring (bicyclic) bond motifs is 3. The van der Waals surface area contributed by atoms with Gasteiger partial charge in [-0.1, -0.05) is 6.07 Å². The van der Waals surface area contributed by atoms with E-state index in [2.05, 4.69) is 0 Å². The maximum Gasteiger partial charge on any atom is 0.271 e. The maximum absolute atomic E-state index is 13.6. The minimum absolute atomic E-state index is 0.148. The van der Waals surface area contributed by atoms with Gasteiger partial charge in [-0.15, -0.1) is 0 Å². The summed E-state index contributed by atoms with van der Waals surface area (Å²) in [5, 5.41) is 0.500. The van der Waals surface area contributed by atoms with Crippen LogP contribution in [0, 0.1) is 0 Å². The summed E-state index contributed by atoms with van der Waals surface area (Å²) < 4.78 is 32.7. The average Bonchev–Trinajstić information content (AvgIpc) is 3.66. The molecule has 0 atom stereocenters. The fourth-order valence-corrected chi connectivity index (χ4v) is 5.02. The Morgan fingerprint density at radius 2 is 1.31 bits per heavy atom. The number of anilines is 1.